The standard InChI is InChI=1S/C21H25N3O3S/c1-3-4-5-8-15-24-19-10-7-6-9-18(19)20(21(24)25)22-23-28(26,27)17-13-11-16(2)12-14-17/h6-7,9-14,25H,3-5,8,15H2,1-2H3. The predicted molar refractivity (Wildman–Crippen MR) is 111 cm³/mol. The van der Waals surface area contributed by atoms with Crippen LogP contribution >= 0.6 is 0 Å². The zero-order chi connectivity index (χ0) is 20.1. The molecule has 0 spiro atoms. The number of aromatic hydroxyl groups is 1. The molecule has 28 heavy (non-hydrogen) atoms. The summed E-state index contributed by atoms with van der Waals surface area (Å²) in [4.78, 5) is 0.0737. The van der Waals surface area contributed by atoms with Crippen molar-refractivity contribution >= 4 is 26.6 Å². The number of nitrogens with zero attached hydrogens (tertiary/aromatic N) is 3. The molecule has 0 saturated heterocycles. The van der Waals surface area contributed by atoms with Gasteiger partial charge < -0.3 is 9.67 Å². The molecule has 3 rings (SSSR count). The molecule has 148 valence electrons. The van der Waals surface area contributed by atoms with Crippen molar-refractivity contribution in [1.29, 1.82) is 0 Å². The molecule has 6 nitrogen and oxygen atoms in total. The first-order valence-electron chi connectivity index (χ1n) is 9.49. The number of aryl methyl sites for hydroxylation is 2. The minimum atomic E-state index is -3.94. The van der Waals surface area contributed by atoms with Crippen LogP contribution in [-0.2, 0) is 16.6 Å². The molecule has 2 aromatic carbocycles. The summed E-state index contributed by atoms with van der Waals surface area (Å²) in [5.41, 5.74) is 1.96. The number of unbranched alkanes of at least 4 members (excludes halogenated alkanes) is 3. The molecule has 0 fully saturated rings. The van der Waals surface area contributed by atoms with E-state index in [0.29, 0.717) is 11.9 Å². The smallest absolute Gasteiger partial charge is 0.299 e. The van der Waals surface area contributed by atoms with Gasteiger partial charge in [-0.25, -0.2) is 0 Å². The number of rotatable bonds is 8. The van der Waals surface area contributed by atoms with Crippen molar-refractivity contribution < 1.29 is 13.5 Å². The Morgan fingerprint density at radius 2 is 1.71 bits per heavy atom. The van der Waals surface area contributed by atoms with Crippen LogP contribution in [-0.4, -0.2) is 18.1 Å². The fourth-order valence-corrected chi connectivity index (χ4v) is 3.91. The third kappa shape index (κ3) is 4.25. The lowest BCUT2D eigenvalue weighted by atomic mass is 10.2. The van der Waals surface area contributed by atoms with Gasteiger partial charge in [-0.3, -0.25) is 0 Å². The van der Waals surface area contributed by atoms with Crippen molar-refractivity contribution in [3.05, 3.63) is 54.1 Å². The summed E-state index contributed by atoms with van der Waals surface area (Å²) < 4.78 is 30.3. The van der Waals surface area contributed by atoms with Crippen molar-refractivity contribution in [2.45, 2.75) is 51.0 Å². The van der Waals surface area contributed by atoms with Crippen molar-refractivity contribution in [3.63, 3.8) is 0 Å². The van der Waals surface area contributed by atoms with E-state index in [9.17, 15) is 13.5 Å². The largest absolute Gasteiger partial charge is 0.493 e. The molecule has 0 atom stereocenters. The van der Waals surface area contributed by atoms with E-state index in [-0.39, 0.29) is 16.5 Å². The van der Waals surface area contributed by atoms with Crippen LogP contribution in [0, 0.1) is 6.92 Å². The van der Waals surface area contributed by atoms with Gasteiger partial charge in [0, 0.05) is 11.9 Å². The monoisotopic (exact) mass is 399 g/mol. The lowest BCUT2D eigenvalue weighted by Crippen LogP contribution is -1.97. The first-order valence-corrected chi connectivity index (χ1v) is 10.9. The number of aromatic nitrogens is 1. The fourth-order valence-electron chi connectivity index (χ4n) is 3.15. The van der Waals surface area contributed by atoms with Crippen LogP contribution in [0.5, 0.6) is 5.88 Å². The Labute approximate surface area is 165 Å². The third-order valence-electron chi connectivity index (χ3n) is 4.72. The molecular weight excluding hydrogens is 374 g/mol. The van der Waals surface area contributed by atoms with Gasteiger partial charge in [-0.1, -0.05) is 66.6 Å². The lowest BCUT2D eigenvalue weighted by Gasteiger charge is -2.06. The Hall–Kier alpha value is -2.67. The first-order chi connectivity index (χ1) is 13.4. The quantitative estimate of drug-likeness (QED) is 0.389. The van der Waals surface area contributed by atoms with Crippen LogP contribution in [0.25, 0.3) is 10.9 Å². The second-order valence-electron chi connectivity index (χ2n) is 6.87. The highest BCUT2D eigenvalue weighted by Gasteiger charge is 2.18. The normalized spacial score (nSPS) is 12.2. The molecule has 7 heteroatoms. The zero-order valence-corrected chi connectivity index (χ0v) is 17.0. The molecule has 0 aliphatic heterocycles. The summed E-state index contributed by atoms with van der Waals surface area (Å²) in [6.45, 7) is 4.67. The van der Waals surface area contributed by atoms with Crippen LogP contribution in [0.1, 0.15) is 38.2 Å². The highest BCUT2D eigenvalue weighted by molar-refractivity contribution is 7.90. The van der Waals surface area contributed by atoms with Gasteiger partial charge in [0.15, 0.2) is 5.69 Å². The minimum Gasteiger partial charge on any atom is -0.493 e. The van der Waals surface area contributed by atoms with E-state index in [1.54, 1.807) is 16.7 Å². The maximum atomic E-state index is 12.5. The lowest BCUT2D eigenvalue weighted by molar-refractivity contribution is 0.416. The molecular formula is C21H25N3O3S. The second kappa shape index (κ2) is 8.56. The summed E-state index contributed by atoms with van der Waals surface area (Å²) in [5.74, 6) is -0.0550. The summed E-state index contributed by atoms with van der Waals surface area (Å²) in [6, 6.07) is 13.8. The first kappa shape index (κ1) is 20.1. The predicted octanol–water partition coefficient (Wildman–Crippen LogP) is 5.71. The maximum Gasteiger partial charge on any atom is 0.299 e. The van der Waals surface area contributed by atoms with Crippen molar-refractivity contribution in [2.75, 3.05) is 0 Å². The Morgan fingerprint density at radius 3 is 2.43 bits per heavy atom. The van der Waals surface area contributed by atoms with E-state index >= 15 is 0 Å². The number of benzene rings is 2. The van der Waals surface area contributed by atoms with Crippen LogP contribution < -0.4 is 0 Å². The molecule has 0 radical (unpaired) electrons. The number of para-hydroxylation sites is 1. The van der Waals surface area contributed by atoms with E-state index in [1.165, 1.54) is 12.1 Å². The molecule has 1 N–H and O–H groups in total. The number of hydrogen-bond acceptors (Lipinski definition) is 4. The Balaban J connectivity index is 1.95. The average Bonchev–Trinajstić information content (AvgIpc) is 2.95. The number of hydrogen-bond donors (Lipinski definition) is 1. The van der Waals surface area contributed by atoms with E-state index in [0.717, 1.165) is 36.8 Å². The van der Waals surface area contributed by atoms with E-state index in [1.807, 2.05) is 31.2 Å². The van der Waals surface area contributed by atoms with Gasteiger partial charge in [-0.05, 0) is 31.5 Å². The molecule has 0 saturated carbocycles. The summed E-state index contributed by atoms with van der Waals surface area (Å²) in [7, 11) is -3.94. The fraction of sp³-hybridized carbons (Fsp3) is 0.333. The summed E-state index contributed by atoms with van der Waals surface area (Å²) in [5, 5.41) is 15.3. The van der Waals surface area contributed by atoms with Crippen molar-refractivity contribution in [1.82, 2.24) is 4.57 Å². The maximum absolute atomic E-state index is 12.5. The van der Waals surface area contributed by atoms with Crippen LogP contribution in [0.3, 0.4) is 0 Å². The van der Waals surface area contributed by atoms with Gasteiger partial charge in [-0.15, -0.1) is 5.11 Å². The van der Waals surface area contributed by atoms with E-state index < -0.39 is 10.0 Å². The molecule has 0 amide bonds. The summed E-state index contributed by atoms with van der Waals surface area (Å²) in [6.07, 6.45) is 4.27. The molecule has 1 heterocycles. The minimum absolute atomic E-state index is 0.0550. The van der Waals surface area contributed by atoms with Gasteiger partial charge >= 0.3 is 0 Å². The van der Waals surface area contributed by atoms with Gasteiger partial charge in [0.05, 0.1) is 10.4 Å². The van der Waals surface area contributed by atoms with Crippen LogP contribution in [0.2, 0.25) is 0 Å². The van der Waals surface area contributed by atoms with Crippen LogP contribution in [0.15, 0.2) is 63.1 Å². The number of sulfonamides is 1. The molecule has 0 aliphatic carbocycles. The topological polar surface area (TPSA) is 84.0 Å². The number of fused-ring (bicyclic) bond motifs is 1. The molecule has 0 unspecified atom stereocenters. The molecule has 0 aliphatic rings. The van der Waals surface area contributed by atoms with E-state index in [4.69, 9.17) is 0 Å². The molecule has 0 bridgehead atoms. The van der Waals surface area contributed by atoms with Crippen LogP contribution in [0.4, 0.5) is 5.69 Å². The van der Waals surface area contributed by atoms with E-state index in [2.05, 4.69) is 16.6 Å². The second-order valence-corrected chi connectivity index (χ2v) is 8.46. The average molecular weight is 400 g/mol. The van der Waals surface area contributed by atoms with Gasteiger partial charge in [0.25, 0.3) is 10.0 Å². The van der Waals surface area contributed by atoms with Crippen molar-refractivity contribution in [2.24, 2.45) is 9.63 Å². The van der Waals surface area contributed by atoms with Gasteiger partial charge in [-0.2, -0.15) is 8.42 Å². The SMILES string of the molecule is CCCCCCn1c(O)c(N=NS(=O)(=O)c2ccc(C)cc2)c2ccccc21. The van der Waals surface area contributed by atoms with Gasteiger partial charge in [0.1, 0.15) is 0 Å². The zero-order valence-electron chi connectivity index (χ0n) is 16.2. The Kier molecular flexibility index (Phi) is 6.14. The highest BCUT2D eigenvalue weighted by Crippen LogP contribution is 2.39. The molecule has 1 aromatic heterocycles. The Morgan fingerprint density at radius 1 is 1.00 bits per heavy atom. The highest BCUT2D eigenvalue weighted by atomic mass is 32.2. The van der Waals surface area contributed by atoms with Crippen molar-refractivity contribution in [3.8, 4) is 5.88 Å². The van der Waals surface area contributed by atoms with Gasteiger partial charge in [0.2, 0.25) is 5.88 Å². The third-order valence-corrected chi connectivity index (χ3v) is 5.88. The summed E-state index contributed by atoms with van der Waals surface area (Å²) >= 11 is 0. The molecule has 3 aromatic rings. The Bertz CT molecular complexity index is 1080.